The number of carbonyl (C=O) groups is 1. The molecule has 0 bridgehead atoms. The standard InChI is InChI=1S/C12H16Cl2N2O2.ClH/c1-15-7-12(17)16-4-5-18-8-9-2-3-10(13)6-11(9)14;/h2-3,6,15H,4-5,7-8H2,1H3,(H,16,17);1H. The van der Waals surface area contributed by atoms with E-state index in [1.807, 2.05) is 6.07 Å². The van der Waals surface area contributed by atoms with Crippen molar-refractivity contribution in [1.82, 2.24) is 10.6 Å². The number of benzene rings is 1. The van der Waals surface area contributed by atoms with Crippen LogP contribution in [-0.4, -0.2) is 32.7 Å². The van der Waals surface area contributed by atoms with E-state index < -0.39 is 0 Å². The normalized spacial score (nSPS) is 9.84. The van der Waals surface area contributed by atoms with Gasteiger partial charge in [-0.05, 0) is 24.7 Å². The van der Waals surface area contributed by atoms with Crippen LogP contribution in [0, 0.1) is 0 Å². The van der Waals surface area contributed by atoms with Crippen molar-refractivity contribution in [2.24, 2.45) is 0 Å². The van der Waals surface area contributed by atoms with Crippen LogP contribution < -0.4 is 10.6 Å². The third kappa shape index (κ3) is 7.60. The highest BCUT2D eigenvalue weighted by atomic mass is 35.5. The van der Waals surface area contributed by atoms with Crippen LogP contribution in [0.25, 0.3) is 0 Å². The van der Waals surface area contributed by atoms with Gasteiger partial charge in [-0.25, -0.2) is 0 Å². The zero-order chi connectivity index (χ0) is 13.4. The second-order valence-corrected chi connectivity index (χ2v) is 4.51. The molecule has 0 aromatic heterocycles. The topological polar surface area (TPSA) is 50.4 Å². The zero-order valence-electron chi connectivity index (χ0n) is 10.5. The van der Waals surface area contributed by atoms with Gasteiger partial charge in [-0.3, -0.25) is 4.79 Å². The van der Waals surface area contributed by atoms with Crippen molar-refractivity contribution in [3.8, 4) is 0 Å². The molecule has 0 fully saturated rings. The van der Waals surface area contributed by atoms with Crippen molar-refractivity contribution in [3.05, 3.63) is 33.8 Å². The van der Waals surface area contributed by atoms with Gasteiger partial charge in [0.15, 0.2) is 0 Å². The number of rotatable bonds is 7. The largest absolute Gasteiger partial charge is 0.375 e. The Morgan fingerprint density at radius 1 is 1.37 bits per heavy atom. The minimum atomic E-state index is -0.0503. The van der Waals surface area contributed by atoms with Gasteiger partial charge in [0, 0.05) is 16.6 Å². The first-order valence-electron chi connectivity index (χ1n) is 5.56. The van der Waals surface area contributed by atoms with Gasteiger partial charge in [0.1, 0.15) is 0 Å². The van der Waals surface area contributed by atoms with Crippen LogP contribution in [0.5, 0.6) is 0 Å². The van der Waals surface area contributed by atoms with Gasteiger partial charge >= 0.3 is 0 Å². The molecule has 7 heteroatoms. The first-order valence-corrected chi connectivity index (χ1v) is 6.32. The Bertz CT molecular complexity index is 403. The van der Waals surface area contributed by atoms with Crippen molar-refractivity contribution in [2.45, 2.75) is 6.61 Å². The minimum absolute atomic E-state index is 0. The molecule has 0 aliphatic carbocycles. The molecule has 2 N–H and O–H groups in total. The number of hydrogen-bond acceptors (Lipinski definition) is 3. The average molecular weight is 328 g/mol. The zero-order valence-corrected chi connectivity index (χ0v) is 12.9. The SMILES string of the molecule is CNCC(=O)NCCOCc1ccc(Cl)cc1Cl.Cl. The van der Waals surface area contributed by atoms with Gasteiger partial charge in [-0.1, -0.05) is 29.3 Å². The maximum Gasteiger partial charge on any atom is 0.234 e. The third-order valence-electron chi connectivity index (χ3n) is 2.18. The van der Waals surface area contributed by atoms with Crippen molar-refractivity contribution in [3.63, 3.8) is 0 Å². The maximum absolute atomic E-state index is 11.1. The van der Waals surface area contributed by atoms with E-state index >= 15 is 0 Å². The monoisotopic (exact) mass is 326 g/mol. The molecule has 1 aromatic rings. The van der Waals surface area contributed by atoms with Gasteiger partial charge < -0.3 is 15.4 Å². The first-order chi connectivity index (χ1) is 8.63. The molecule has 0 heterocycles. The summed E-state index contributed by atoms with van der Waals surface area (Å²) in [5.41, 5.74) is 0.877. The fourth-order valence-electron chi connectivity index (χ4n) is 1.31. The van der Waals surface area contributed by atoms with E-state index in [0.29, 0.717) is 36.3 Å². The van der Waals surface area contributed by atoms with Crippen LogP contribution >= 0.6 is 35.6 Å². The van der Waals surface area contributed by atoms with Crippen molar-refractivity contribution < 1.29 is 9.53 Å². The van der Waals surface area contributed by atoms with Crippen molar-refractivity contribution in [2.75, 3.05) is 26.7 Å². The minimum Gasteiger partial charge on any atom is -0.375 e. The molecule has 1 amide bonds. The van der Waals surface area contributed by atoms with Gasteiger partial charge in [-0.15, -0.1) is 12.4 Å². The Kier molecular flexibility index (Phi) is 10.0. The number of carbonyl (C=O) groups excluding carboxylic acids is 1. The lowest BCUT2D eigenvalue weighted by molar-refractivity contribution is -0.120. The number of hydrogen-bond donors (Lipinski definition) is 2. The number of likely N-dealkylation sites (N-methyl/N-ethyl adjacent to an activating group) is 1. The number of ether oxygens (including phenoxy) is 1. The lowest BCUT2D eigenvalue weighted by Gasteiger charge is -2.07. The molecule has 0 saturated carbocycles. The van der Waals surface area contributed by atoms with Crippen LogP contribution in [0.2, 0.25) is 10.0 Å². The second kappa shape index (κ2) is 10.3. The summed E-state index contributed by atoms with van der Waals surface area (Å²) in [5, 5.41) is 6.66. The molecule has 0 aliphatic rings. The Balaban J connectivity index is 0.00000324. The first kappa shape index (κ1) is 18.5. The molecule has 0 saturated heterocycles. The van der Waals surface area contributed by atoms with E-state index in [4.69, 9.17) is 27.9 Å². The molecule has 1 aromatic carbocycles. The van der Waals surface area contributed by atoms with Crippen LogP contribution in [0.1, 0.15) is 5.56 Å². The Morgan fingerprint density at radius 3 is 2.74 bits per heavy atom. The van der Waals surface area contributed by atoms with Gasteiger partial charge in [0.05, 0.1) is 19.8 Å². The lowest BCUT2D eigenvalue weighted by atomic mass is 10.2. The molecule has 0 radical (unpaired) electrons. The maximum atomic E-state index is 11.1. The number of halogens is 3. The molecule has 0 atom stereocenters. The van der Waals surface area contributed by atoms with E-state index in [0.717, 1.165) is 5.56 Å². The fraction of sp³-hybridized carbons (Fsp3) is 0.417. The van der Waals surface area contributed by atoms with Gasteiger partial charge in [-0.2, -0.15) is 0 Å². The quantitative estimate of drug-likeness (QED) is 0.755. The number of nitrogens with one attached hydrogen (secondary N) is 2. The molecule has 108 valence electrons. The summed E-state index contributed by atoms with van der Waals surface area (Å²) in [5.74, 6) is -0.0503. The average Bonchev–Trinajstić information content (AvgIpc) is 2.31. The highest BCUT2D eigenvalue weighted by Crippen LogP contribution is 2.21. The van der Waals surface area contributed by atoms with Crippen LogP contribution in [0.3, 0.4) is 0 Å². The fourth-order valence-corrected chi connectivity index (χ4v) is 1.77. The second-order valence-electron chi connectivity index (χ2n) is 3.67. The Morgan fingerprint density at radius 2 is 2.11 bits per heavy atom. The molecular formula is C12H17Cl3N2O2. The predicted octanol–water partition coefficient (Wildman–Crippen LogP) is 2.27. The molecular weight excluding hydrogens is 311 g/mol. The van der Waals surface area contributed by atoms with E-state index in [1.54, 1.807) is 19.2 Å². The molecule has 0 unspecified atom stereocenters. The predicted molar refractivity (Wildman–Crippen MR) is 80.3 cm³/mol. The smallest absolute Gasteiger partial charge is 0.234 e. The molecule has 0 aliphatic heterocycles. The van der Waals surface area contributed by atoms with Gasteiger partial charge in [0.2, 0.25) is 5.91 Å². The summed E-state index contributed by atoms with van der Waals surface area (Å²) < 4.78 is 5.41. The summed E-state index contributed by atoms with van der Waals surface area (Å²) in [6.07, 6.45) is 0. The van der Waals surface area contributed by atoms with E-state index in [2.05, 4.69) is 10.6 Å². The van der Waals surface area contributed by atoms with E-state index in [9.17, 15) is 4.79 Å². The summed E-state index contributed by atoms with van der Waals surface area (Å²) in [7, 11) is 1.72. The van der Waals surface area contributed by atoms with Gasteiger partial charge in [0.25, 0.3) is 0 Å². The molecule has 4 nitrogen and oxygen atoms in total. The number of amides is 1. The van der Waals surface area contributed by atoms with Crippen molar-refractivity contribution in [1.29, 1.82) is 0 Å². The summed E-state index contributed by atoms with van der Waals surface area (Å²) in [6, 6.07) is 5.27. The molecule has 1 rings (SSSR count). The highest BCUT2D eigenvalue weighted by molar-refractivity contribution is 6.35. The Labute approximate surface area is 129 Å². The van der Waals surface area contributed by atoms with E-state index in [1.165, 1.54) is 0 Å². The summed E-state index contributed by atoms with van der Waals surface area (Å²) in [6.45, 7) is 1.63. The summed E-state index contributed by atoms with van der Waals surface area (Å²) >= 11 is 11.8. The lowest BCUT2D eigenvalue weighted by Crippen LogP contribution is -2.34. The van der Waals surface area contributed by atoms with Crippen molar-refractivity contribution >= 4 is 41.5 Å². The third-order valence-corrected chi connectivity index (χ3v) is 2.77. The van der Waals surface area contributed by atoms with Crippen LogP contribution in [0.15, 0.2) is 18.2 Å². The van der Waals surface area contributed by atoms with E-state index in [-0.39, 0.29) is 18.3 Å². The van der Waals surface area contributed by atoms with Crippen LogP contribution in [-0.2, 0) is 16.1 Å². The molecule has 19 heavy (non-hydrogen) atoms. The molecule has 0 spiro atoms. The summed E-state index contributed by atoms with van der Waals surface area (Å²) in [4.78, 5) is 11.1. The Hall–Kier alpha value is -0.520. The highest BCUT2D eigenvalue weighted by Gasteiger charge is 2.02. The van der Waals surface area contributed by atoms with Crippen LogP contribution in [0.4, 0.5) is 0 Å².